The lowest BCUT2D eigenvalue weighted by Crippen LogP contribution is -2.50. The average Bonchev–Trinajstić information content (AvgIpc) is 3.22. The number of carboxylic acid groups (broad SMARTS) is 1. The van der Waals surface area contributed by atoms with Crippen molar-refractivity contribution in [2.45, 2.75) is 46.0 Å². The van der Waals surface area contributed by atoms with Gasteiger partial charge in [0.2, 0.25) is 0 Å². The summed E-state index contributed by atoms with van der Waals surface area (Å²) in [5.41, 5.74) is 1.32. The Kier molecular flexibility index (Phi) is 8.35. The molecule has 8 nitrogen and oxygen atoms in total. The van der Waals surface area contributed by atoms with Gasteiger partial charge in [-0.25, -0.2) is 18.6 Å². The van der Waals surface area contributed by atoms with Crippen molar-refractivity contribution in [3.63, 3.8) is 0 Å². The van der Waals surface area contributed by atoms with E-state index in [2.05, 4.69) is 10.3 Å². The second-order valence-electron chi connectivity index (χ2n) is 9.15. The minimum Gasteiger partial charge on any atom is -0.485 e. The molecule has 0 fully saturated rings. The Morgan fingerprint density at radius 3 is 2.44 bits per heavy atom. The number of ether oxygens (including phenoxy) is 1. The van der Waals surface area contributed by atoms with Gasteiger partial charge in [-0.1, -0.05) is 48.0 Å². The van der Waals surface area contributed by atoms with E-state index < -0.39 is 42.3 Å². The van der Waals surface area contributed by atoms with Crippen LogP contribution < -0.4 is 10.1 Å². The normalized spacial score (nSPS) is 12.7. The number of carbonyl (C=O) groups is 2. The van der Waals surface area contributed by atoms with Crippen LogP contribution >= 0.6 is 11.6 Å². The van der Waals surface area contributed by atoms with Crippen molar-refractivity contribution >= 4 is 29.2 Å². The molecule has 4 aromatic rings. The van der Waals surface area contributed by atoms with Crippen molar-refractivity contribution < 1.29 is 28.2 Å². The Bertz CT molecular complexity index is 1490. The predicted octanol–water partition coefficient (Wildman–Crippen LogP) is 5.84. The van der Waals surface area contributed by atoms with Crippen LogP contribution in [0.5, 0.6) is 5.75 Å². The van der Waals surface area contributed by atoms with Crippen molar-refractivity contribution in [3.8, 4) is 5.75 Å². The molecule has 2 aromatic carbocycles. The number of imidazole rings is 1. The maximum absolute atomic E-state index is 14.1. The van der Waals surface area contributed by atoms with E-state index in [0.29, 0.717) is 5.69 Å². The molecule has 2 heterocycles. The maximum Gasteiger partial charge on any atom is 0.407 e. The van der Waals surface area contributed by atoms with Crippen molar-refractivity contribution in [1.29, 1.82) is 0 Å². The lowest BCUT2D eigenvalue weighted by molar-refractivity contribution is 0.0868. The number of carbonyl (C=O) groups excluding carboxylic acids is 1. The van der Waals surface area contributed by atoms with Gasteiger partial charge in [-0.3, -0.25) is 14.1 Å². The molecule has 204 valence electrons. The van der Waals surface area contributed by atoms with Gasteiger partial charge < -0.3 is 15.2 Å². The Labute approximate surface area is 228 Å². The number of fused-ring (bicyclic) bond motifs is 1. The molecule has 0 saturated carbocycles. The fourth-order valence-electron chi connectivity index (χ4n) is 4.23. The third-order valence-corrected chi connectivity index (χ3v) is 6.70. The Balaban J connectivity index is 1.56. The number of nitrogens with one attached hydrogen (secondary N) is 1. The first-order chi connectivity index (χ1) is 18.6. The number of rotatable bonds is 9. The van der Waals surface area contributed by atoms with Crippen molar-refractivity contribution in [1.82, 2.24) is 19.6 Å². The molecule has 0 bridgehead atoms. The predicted molar refractivity (Wildman–Crippen MR) is 142 cm³/mol. The van der Waals surface area contributed by atoms with Gasteiger partial charge in [-0.05, 0) is 38.5 Å². The van der Waals surface area contributed by atoms with E-state index in [-0.39, 0.29) is 34.2 Å². The molecule has 4 rings (SSSR count). The van der Waals surface area contributed by atoms with Crippen LogP contribution in [0, 0.1) is 18.6 Å². The molecule has 0 saturated heterocycles. The molecule has 39 heavy (non-hydrogen) atoms. The zero-order valence-electron chi connectivity index (χ0n) is 21.5. The SMILES string of the molecule is Cc1nc2c(OCc3c(F)cccc3F)cc(Cl)cn2c1C(=O)NC(C)[C@H](C)N(Cc1ccccc1)C(=O)O. The van der Waals surface area contributed by atoms with Gasteiger partial charge in [-0.15, -0.1) is 0 Å². The van der Waals surface area contributed by atoms with Gasteiger partial charge in [0, 0.05) is 24.8 Å². The molecule has 11 heteroatoms. The third kappa shape index (κ3) is 6.12. The van der Waals surface area contributed by atoms with Crippen LogP contribution in [0.2, 0.25) is 5.02 Å². The number of nitrogens with zero attached hydrogens (tertiary/aromatic N) is 3. The van der Waals surface area contributed by atoms with Crippen LogP contribution in [0.1, 0.15) is 41.2 Å². The summed E-state index contributed by atoms with van der Waals surface area (Å²) in [6.07, 6.45) is 0.369. The Morgan fingerprint density at radius 1 is 1.13 bits per heavy atom. The zero-order valence-corrected chi connectivity index (χ0v) is 22.2. The minimum atomic E-state index is -1.11. The van der Waals surface area contributed by atoms with Crippen LogP contribution in [0.25, 0.3) is 5.65 Å². The highest BCUT2D eigenvalue weighted by Crippen LogP contribution is 2.28. The van der Waals surface area contributed by atoms with Crippen LogP contribution in [0.15, 0.2) is 60.8 Å². The second-order valence-corrected chi connectivity index (χ2v) is 9.59. The summed E-state index contributed by atoms with van der Waals surface area (Å²) in [6.45, 7) is 4.80. The summed E-state index contributed by atoms with van der Waals surface area (Å²) in [5.74, 6) is -1.87. The van der Waals surface area contributed by atoms with Crippen LogP contribution in [0.3, 0.4) is 0 Å². The number of aromatic nitrogens is 2. The van der Waals surface area contributed by atoms with E-state index in [9.17, 15) is 23.5 Å². The van der Waals surface area contributed by atoms with E-state index >= 15 is 0 Å². The standard InChI is InChI=1S/C28H27ClF2N4O4/c1-16(18(3)34(28(37)38)13-19-8-5-4-6-9-19)33-27(36)25-17(2)32-26-24(12-20(29)14-35(25)26)39-15-21-22(30)10-7-11-23(21)31/h4-12,14,16,18H,13,15H2,1-3H3,(H,33,36)(H,37,38)/t16?,18-/m0/s1. The van der Waals surface area contributed by atoms with Crippen LogP contribution in [-0.2, 0) is 13.2 Å². The smallest absolute Gasteiger partial charge is 0.407 e. The van der Waals surface area contributed by atoms with E-state index in [0.717, 1.165) is 17.7 Å². The number of hydrogen-bond donors (Lipinski definition) is 2. The molecule has 0 aliphatic carbocycles. The fourth-order valence-corrected chi connectivity index (χ4v) is 4.42. The van der Waals surface area contributed by atoms with Crippen molar-refractivity contribution in [2.24, 2.45) is 0 Å². The van der Waals surface area contributed by atoms with Gasteiger partial charge >= 0.3 is 6.09 Å². The van der Waals surface area contributed by atoms with Gasteiger partial charge in [0.1, 0.15) is 23.9 Å². The molecule has 0 aliphatic rings. The van der Waals surface area contributed by atoms with E-state index in [1.807, 2.05) is 30.3 Å². The number of halogens is 3. The summed E-state index contributed by atoms with van der Waals surface area (Å²) in [7, 11) is 0. The molecule has 2 atom stereocenters. The summed E-state index contributed by atoms with van der Waals surface area (Å²) in [6, 6.07) is 13.0. The highest BCUT2D eigenvalue weighted by Gasteiger charge is 2.28. The monoisotopic (exact) mass is 556 g/mol. The van der Waals surface area contributed by atoms with E-state index in [1.54, 1.807) is 20.8 Å². The number of hydrogen-bond acceptors (Lipinski definition) is 4. The number of amides is 2. The van der Waals surface area contributed by atoms with Crippen LogP contribution in [-0.4, -0.2) is 43.5 Å². The lowest BCUT2D eigenvalue weighted by Gasteiger charge is -2.31. The molecule has 2 amide bonds. The molecule has 1 unspecified atom stereocenters. The highest BCUT2D eigenvalue weighted by atomic mass is 35.5. The number of benzene rings is 2. The summed E-state index contributed by atoms with van der Waals surface area (Å²) in [4.78, 5) is 31.1. The summed E-state index contributed by atoms with van der Waals surface area (Å²) >= 11 is 6.28. The summed E-state index contributed by atoms with van der Waals surface area (Å²) in [5, 5.41) is 12.9. The first-order valence-corrected chi connectivity index (χ1v) is 12.5. The molecular weight excluding hydrogens is 530 g/mol. The lowest BCUT2D eigenvalue weighted by atomic mass is 10.1. The van der Waals surface area contributed by atoms with E-state index in [4.69, 9.17) is 16.3 Å². The highest BCUT2D eigenvalue weighted by molar-refractivity contribution is 6.30. The molecular formula is C28H27ClF2N4O4. The fraction of sp³-hybridized carbons (Fsp3) is 0.250. The summed E-state index contributed by atoms with van der Waals surface area (Å²) < 4.78 is 35.3. The number of aryl methyl sites for hydroxylation is 1. The van der Waals surface area contributed by atoms with Gasteiger partial charge in [0.15, 0.2) is 11.4 Å². The first-order valence-electron chi connectivity index (χ1n) is 12.1. The largest absolute Gasteiger partial charge is 0.485 e. The Morgan fingerprint density at radius 2 is 1.79 bits per heavy atom. The topological polar surface area (TPSA) is 96.2 Å². The first kappa shape index (κ1) is 27.8. The molecule has 0 spiro atoms. The van der Waals surface area contributed by atoms with Crippen LogP contribution in [0.4, 0.5) is 13.6 Å². The van der Waals surface area contributed by atoms with Gasteiger partial charge in [-0.2, -0.15) is 0 Å². The molecule has 2 aromatic heterocycles. The molecule has 0 aliphatic heterocycles. The molecule has 0 radical (unpaired) electrons. The van der Waals surface area contributed by atoms with Gasteiger partial charge in [0.25, 0.3) is 5.91 Å². The quantitative estimate of drug-likeness (QED) is 0.270. The second kappa shape index (κ2) is 11.7. The zero-order chi connectivity index (χ0) is 28.3. The number of pyridine rings is 1. The van der Waals surface area contributed by atoms with Crippen molar-refractivity contribution in [3.05, 3.63) is 100.0 Å². The molecule has 2 N–H and O–H groups in total. The Hall–Kier alpha value is -4.18. The van der Waals surface area contributed by atoms with Gasteiger partial charge in [0.05, 0.1) is 22.3 Å². The van der Waals surface area contributed by atoms with E-state index in [1.165, 1.54) is 27.6 Å². The maximum atomic E-state index is 14.1. The minimum absolute atomic E-state index is 0.133. The average molecular weight is 557 g/mol. The van der Waals surface area contributed by atoms with Crippen molar-refractivity contribution in [2.75, 3.05) is 0 Å². The third-order valence-electron chi connectivity index (χ3n) is 6.49.